The molecule has 2 amide bonds. The molecule has 1 aliphatic heterocycles. The van der Waals surface area contributed by atoms with Crippen LogP contribution in [0.4, 0.5) is 10.5 Å². The van der Waals surface area contributed by atoms with Crippen molar-refractivity contribution >= 4 is 23.3 Å². The number of benzene rings is 1. The lowest BCUT2D eigenvalue weighted by Gasteiger charge is -2.34. The van der Waals surface area contributed by atoms with Crippen molar-refractivity contribution < 1.29 is 9.53 Å². The van der Waals surface area contributed by atoms with Crippen molar-refractivity contribution in [3.05, 3.63) is 35.9 Å². The number of carbonyl (C=O) groups is 1. The van der Waals surface area contributed by atoms with Gasteiger partial charge in [-0.05, 0) is 18.2 Å². The minimum atomic E-state index is -0.102. The van der Waals surface area contributed by atoms with Gasteiger partial charge in [-0.25, -0.2) is 4.79 Å². The Balaban J connectivity index is 1.90. The summed E-state index contributed by atoms with van der Waals surface area (Å²) in [6.07, 6.45) is 1.88. The lowest BCUT2D eigenvalue weighted by Crippen LogP contribution is -2.49. The van der Waals surface area contributed by atoms with Gasteiger partial charge in [0.05, 0.1) is 12.1 Å². The van der Waals surface area contributed by atoms with Crippen LogP contribution in [0, 0.1) is 0 Å². The molecular weight excluding hydrogens is 290 g/mol. The van der Waals surface area contributed by atoms with E-state index in [9.17, 15) is 4.79 Å². The second-order valence-corrected chi connectivity index (χ2v) is 5.26. The summed E-state index contributed by atoms with van der Waals surface area (Å²) < 4.78 is 5.09. The molecule has 0 atom stereocenters. The van der Waals surface area contributed by atoms with E-state index < -0.39 is 0 Å². The van der Waals surface area contributed by atoms with Crippen LogP contribution >= 0.6 is 11.6 Å². The largest absolute Gasteiger partial charge is 0.495 e. The zero-order valence-corrected chi connectivity index (χ0v) is 12.9. The monoisotopic (exact) mass is 309 g/mol. The number of carbonyl (C=O) groups excluding carboxylic acids is 1. The van der Waals surface area contributed by atoms with Gasteiger partial charge in [-0.3, -0.25) is 4.90 Å². The Kier molecular flexibility index (Phi) is 5.47. The summed E-state index contributed by atoms with van der Waals surface area (Å²) in [5.41, 5.74) is 0.666. The number of nitrogens with one attached hydrogen (secondary N) is 1. The van der Waals surface area contributed by atoms with Gasteiger partial charge in [-0.2, -0.15) is 0 Å². The third-order valence-electron chi connectivity index (χ3n) is 3.45. The van der Waals surface area contributed by atoms with Gasteiger partial charge in [0.25, 0.3) is 0 Å². The van der Waals surface area contributed by atoms with Gasteiger partial charge < -0.3 is 15.0 Å². The van der Waals surface area contributed by atoms with Crippen LogP contribution in [0.15, 0.2) is 30.9 Å². The van der Waals surface area contributed by atoms with Crippen LogP contribution < -0.4 is 10.1 Å². The maximum atomic E-state index is 12.2. The molecule has 0 spiro atoms. The number of hydrogen-bond acceptors (Lipinski definition) is 3. The van der Waals surface area contributed by atoms with Crippen molar-refractivity contribution in [3.8, 4) is 5.75 Å². The zero-order chi connectivity index (χ0) is 15.2. The van der Waals surface area contributed by atoms with E-state index in [1.807, 2.05) is 6.08 Å². The summed E-state index contributed by atoms with van der Waals surface area (Å²) in [5, 5.41) is 3.34. The fourth-order valence-electron chi connectivity index (χ4n) is 2.26. The predicted octanol–water partition coefficient (Wildman–Crippen LogP) is 2.68. The van der Waals surface area contributed by atoms with Gasteiger partial charge in [0, 0.05) is 38.4 Å². The maximum absolute atomic E-state index is 12.2. The zero-order valence-electron chi connectivity index (χ0n) is 12.1. The number of piperazine rings is 1. The Morgan fingerprint density at radius 3 is 2.71 bits per heavy atom. The fourth-order valence-corrected chi connectivity index (χ4v) is 2.52. The van der Waals surface area contributed by atoms with Gasteiger partial charge in [0.15, 0.2) is 0 Å². The molecular formula is C15H20ClN3O2. The summed E-state index contributed by atoms with van der Waals surface area (Å²) in [7, 11) is 1.56. The summed E-state index contributed by atoms with van der Waals surface area (Å²) in [5.74, 6) is 0.590. The van der Waals surface area contributed by atoms with E-state index in [1.165, 1.54) is 0 Å². The number of amides is 2. The van der Waals surface area contributed by atoms with E-state index in [1.54, 1.807) is 30.2 Å². The van der Waals surface area contributed by atoms with Crippen LogP contribution in [0.1, 0.15) is 0 Å². The first-order valence-corrected chi connectivity index (χ1v) is 7.24. The summed E-state index contributed by atoms with van der Waals surface area (Å²) in [6, 6.07) is 5.09. The van der Waals surface area contributed by atoms with E-state index in [0.29, 0.717) is 29.5 Å². The highest BCUT2D eigenvalue weighted by atomic mass is 35.5. The van der Waals surface area contributed by atoms with Crippen molar-refractivity contribution in [2.45, 2.75) is 0 Å². The third-order valence-corrected chi connectivity index (χ3v) is 3.75. The highest BCUT2D eigenvalue weighted by molar-refractivity contribution is 6.32. The molecule has 0 bridgehead atoms. The second kappa shape index (κ2) is 7.33. The number of methoxy groups -OCH3 is 1. The molecule has 0 saturated carbocycles. The third kappa shape index (κ3) is 4.12. The maximum Gasteiger partial charge on any atom is 0.321 e. The van der Waals surface area contributed by atoms with Gasteiger partial charge >= 0.3 is 6.03 Å². The van der Waals surface area contributed by atoms with E-state index in [0.717, 1.165) is 19.6 Å². The smallest absolute Gasteiger partial charge is 0.321 e. The molecule has 0 aliphatic carbocycles. The van der Waals surface area contributed by atoms with E-state index >= 15 is 0 Å². The Hall–Kier alpha value is -1.72. The van der Waals surface area contributed by atoms with Gasteiger partial charge in [0.1, 0.15) is 5.75 Å². The van der Waals surface area contributed by atoms with Crippen molar-refractivity contribution in [3.63, 3.8) is 0 Å². The molecule has 0 radical (unpaired) electrons. The average molecular weight is 310 g/mol. The van der Waals surface area contributed by atoms with E-state index in [-0.39, 0.29) is 6.03 Å². The van der Waals surface area contributed by atoms with Crippen LogP contribution in [0.25, 0.3) is 0 Å². The Morgan fingerprint density at radius 2 is 2.14 bits per heavy atom. The van der Waals surface area contributed by atoms with Crippen molar-refractivity contribution in [1.82, 2.24) is 9.80 Å². The quantitative estimate of drug-likeness (QED) is 0.870. The minimum absolute atomic E-state index is 0.102. The molecule has 0 aromatic heterocycles. The molecule has 1 saturated heterocycles. The molecule has 1 N–H and O–H groups in total. The first kappa shape index (κ1) is 15.7. The molecule has 1 aromatic carbocycles. The number of anilines is 1. The normalized spacial score (nSPS) is 15.6. The van der Waals surface area contributed by atoms with Crippen molar-refractivity contribution in [1.29, 1.82) is 0 Å². The number of nitrogens with zero attached hydrogens (tertiary/aromatic N) is 2. The highest BCUT2D eigenvalue weighted by Gasteiger charge is 2.20. The molecule has 1 heterocycles. The Bertz CT molecular complexity index is 514. The van der Waals surface area contributed by atoms with Crippen LogP contribution in [0.3, 0.4) is 0 Å². The number of urea groups is 1. The molecule has 21 heavy (non-hydrogen) atoms. The number of rotatable bonds is 4. The highest BCUT2D eigenvalue weighted by Crippen LogP contribution is 2.27. The van der Waals surface area contributed by atoms with Crippen molar-refractivity contribution in [2.75, 3.05) is 45.2 Å². The number of hydrogen-bond donors (Lipinski definition) is 1. The van der Waals surface area contributed by atoms with Crippen molar-refractivity contribution in [2.24, 2.45) is 0 Å². The lowest BCUT2D eigenvalue weighted by atomic mass is 10.3. The van der Waals surface area contributed by atoms with E-state index in [4.69, 9.17) is 16.3 Å². The molecule has 1 aliphatic rings. The van der Waals surface area contributed by atoms with Crippen LogP contribution in [-0.4, -0.2) is 55.7 Å². The Morgan fingerprint density at radius 1 is 1.43 bits per heavy atom. The van der Waals surface area contributed by atoms with Crippen LogP contribution in [-0.2, 0) is 0 Å². The molecule has 1 aromatic rings. The number of halogens is 1. The lowest BCUT2D eigenvalue weighted by molar-refractivity contribution is 0.156. The SMILES string of the molecule is C=CCN1CCN(C(=O)Nc2ccc(OC)c(Cl)c2)CC1. The standard InChI is InChI=1S/C15H20ClN3O2/c1-3-6-18-7-9-19(10-8-18)15(20)17-12-4-5-14(21-2)13(16)11-12/h3-5,11H,1,6-10H2,2H3,(H,17,20). The molecule has 1 fully saturated rings. The molecule has 6 heteroatoms. The number of ether oxygens (including phenoxy) is 1. The summed E-state index contributed by atoms with van der Waals surface area (Å²) in [6.45, 7) is 7.75. The van der Waals surface area contributed by atoms with Crippen LogP contribution in [0.2, 0.25) is 5.02 Å². The van der Waals surface area contributed by atoms with Gasteiger partial charge in [-0.1, -0.05) is 17.7 Å². The molecule has 114 valence electrons. The minimum Gasteiger partial charge on any atom is -0.495 e. The molecule has 5 nitrogen and oxygen atoms in total. The second-order valence-electron chi connectivity index (χ2n) is 4.86. The topological polar surface area (TPSA) is 44.8 Å². The van der Waals surface area contributed by atoms with Crippen LogP contribution in [0.5, 0.6) is 5.75 Å². The van der Waals surface area contributed by atoms with Gasteiger partial charge in [0.2, 0.25) is 0 Å². The van der Waals surface area contributed by atoms with E-state index in [2.05, 4.69) is 16.8 Å². The first-order chi connectivity index (χ1) is 10.1. The first-order valence-electron chi connectivity index (χ1n) is 6.86. The average Bonchev–Trinajstić information content (AvgIpc) is 2.48. The van der Waals surface area contributed by atoms with Gasteiger partial charge in [-0.15, -0.1) is 6.58 Å². The predicted molar refractivity (Wildman–Crippen MR) is 85.2 cm³/mol. The Labute approximate surface area is 130 Å². The summed E-state index contributed by atoms with van der Waals surface area (Å²) >= 11 is 6.05. The fraction of sp³-hybridized carbons (Fsp3) is 0.400. The summed E-state index contributed by atoms with van der Waals surface area (Å²) in [4.78, 5) is 16.3. The molecule has 0 unspecified atom stereocenters. The molecule has 2 rings (SSSR count).